The zero-order chi connectivity index (χ0) is 21.0. The number of aromatic nitrogens is 1. The fraction of sp³-hybridized carbons (Fsp3) is 0.480. The van der Waals surface area contributed by atoms with Crippen LogP contribution in [-0.2, 0) is 16.0 Å². The second kappa shape index (κ2) is 8.99. The molecule has 1 N–H and O–H groups in total. The van der Waals surface area contributed by atoms with Gasteiger partial charge in [0.2, 0.25) is 11.8 Å². The maximum absolute atomic E-state index is 13.2. The monoisotopic (exact) mass is 405 g/mol. The van der Waals surface area contributed by atoms with Crippen molar-refractivity contribution in [3.63, 3.8) is 0 Å². The molecule has 0 bridgehead atoms. The first-order valence-corrected chi connectivity index (χ1v) is 11.2. The summed E-state index contributed by atoms with van der Waals surface area (Å²) in [7, 11) is 0. The van der Waals surface area contributed by atoms with Gasteiger partial charge in [0.05, 0.1) is 5.41 Å². The zero-order valence-corrected chi connectivity index (χ0v) is 17.8. The summed E-state index contributed by atoms with van der Waals surface area (Å²) in [4.78, 5) is 32.4. The molecule has 1 aliphatic heterocycles. The van der Waals surface area contributed by atoms with Gasteiger partial charge in [0, 0.05) is 37.9 Å². The highest BCUT2D eigenvalue weighted by atomic mass is 16.2. The van der Waals surface area contributed by atoms with Crippen LogP contribution in [0.3, 0.4) is 0 Å². The van der Waals surface area contributed by atoms with E-state index < -0.39 is 5.41 Å². The average molecular weight is 406 g/mol. The van der Waals surface area contributed by atoms with Gasteiger partial charge in [-0.25, -0.2) is 0 Å². The molecule has 2 heterocycles. The first kappa shape index (κ1) is 20.6. The molecule has 1 aliphatic carbocycles. The third-order valence-corrected chi connectivity index (χ3v) is 6.63. The summed E-state index contributed by atoms with van der Waals surface area (Å²) in [6.07, 6.45) is 9.09. The predicted molar refractivity (Wildman–Crippen MR) is 118 cm³/mol. The second-order valence-corrected chi connectivity index (χ2v) is 8.75. The highest BCUT2D eigenvalue weighted by Crippen LogP contribution is 2.37. The molecule has 0 radical (unpaired) electrons. The first-order valence-electron chi connectivity index (χ1n) is 11.2. The molecule has 1 atom stereocenters. The maximum Gasteiger partial charge on any atom is 0.228 e. The van der Waals surface area contributed by atoms with E-state index in [1.54, 1.807) is 6.20 Å². The number of hydrogen-bond acceptors (Lipinski definition) is 3. The SMILES string of the molecule is CCNC(=O)[C@]1(Cc2cccc(-c3cccnc3)c2)CCCN(C(=O)C2CCC2)C1. The first-order chi connectivity index (χ1) is 14.6. The van der Waals surface area contributed by atoms with Gasteiger partial charge in [0.1, 0.15) is 0 Å². The molecule has 2 fully saturated rings. The number of likely N-dealkylation sites (tertiary alicyclic amines) is 1. The van der Waals surface area contributed by atoms with Gasteiger partial charge in [0.15, 0.2) is 0 Å². The number of carbonyl (C=O) groups is 2. The Hall–Kier alpha value is -2.69. The van der Waals surface area contributed by atoms with Crippen LogP contribution < -0.4 is 5.32 Å². The Morgan fingerprint density at radius 1 is 1.17 bits per heavy atom. The van der Waals surface area contributed by atoms with Gasteiger partial charge >= 0.3 is 0 Å². The molecule has 4 rings (SSSR count). The van der Waals surface area contributed by atoms with Crippen LogP contribution in [0.1, 0.15) is 44.6 Å². The lowest BCUT2D eigenvalue weighted by atomic mass is 9.73. The number of piperidine rings is 1. The predicted octanol–water partition coefficient (Wildman–Crippen LogP) is 3.84. The van der Waals surface area contributed by atoms with Crippen LogP contribution in [0, 0.1) is 11.3 Å². The molecule has 0 spiro atoms. The van der Waals surface area contributed by atoms with Crippen molar-refractivity contribution in [2.75, 3.05) is 19.6 Å². The van der Waals surface area contributed by atoms with E-state index >= 15 is 0 Å². The van der Waals surface area contributed by atoms with Crippen molar-refractivity contribution in [1.82, 2.24) is 15.2 Å². The van der Waals surface area contributed by atoms with E-state index in [9.17, 15) is 9.59 Å². The number of rotatable bonds is 6. The number of amides is 2. The molecule has 2 aromatic rings. The van der Waals surface area contributed by atoms with Gasteiger partial charge in [-0.15, -0.1) is 0 Å². The van der Waals surface area contributed by atoms with Gasteiger partial charge < -0.3 is 10.2 Å². The molecular formula is C25H31N3O2. The van der Waals surface area contributed by atoms with E-state index in [-0.39, 0.29) is 17.7 Å². The standard InChI is InChI=1S/C25H31N3O2/c1-2-27-24(30)25(12-6-14-28(18-25)23(29)20-8-4-9-20)16-19-7-3-10-21(15-19)22-11-5-13-26-17-22/h3,5,7,10-11,13,15,17,20H,2,4,6,8-9,12,14,16,18H2,1H3,(H,27,30)/t25-/m0/s1. The van der Waals surface area contributed by atoms with Gasteiger partial charge in [-0.05, 0) is 61.8 Å². The second-order valence-electron chi connectivity index (χ2n) is 8.75. The Bertz CT molecular complexity index is 894. The minimum absolute atomic E-state index is 0.0721. The molecule has 158 valence electrons. The van der Waals surface area contributed by atoms with Crippen LogP contribution in [0.4, 0.5) is 0 Å². The Morgan fingerprint density at radius 3 is 2.70 bits per heavy atom. The van der Waals surface area contributed by atoms with E-state index in [2.05, 4.69) is 28.5 Å². The number of pyridine rings is 1. The van der Waals surface area contributed by atoms with Crippen molar-refractivity contribution in [3.05, 3.63) is 54.4 Å². The van der Waals surface area contributed by atoms with E-state index in [0.717, 1.165) is 55.3 Å². The molecule has 1 aromatic carbocycles. The average Bonchev–Trinajstić information content (AvgIpc) is 2.74. The summed E-state index contributed by atoms with van der Waals surface area (Å²) in [6, 6.07) is 12.3. The third kappa shape index (κ3) is 4.25. The zero-order valence-electron chi connectivity index (χ0n) is 17.8. The topological polar surface area (TPSA) is 62.3 Å². The van der Waals surface area contributed by atoms with Crippen LogP contribution >= 0.6 is 0 Å². The highest BCUT2D eigenvalue weighted by Gasteiger charge is 2.44. The van der Waals surface area contributed by atoms with Gasteiger partial charge in [-0.2, -0.15) is 0 Å². The molecule has 30 heavy (non-hydrogen) atoms. The summed E-state index contributed by atoms with van der Waals surface area (Å²) < 4.78 is 0. The summed E-state index contributed by atoms with van der Waals surface area (Å²) in [5, 5.41) is 3.05. The molecule has 2 aliphatic rings. The fourth-order valence-corrected chi connectivity index (χ4v) is 4.78. The Kier molecular flexibility index (Phi) is 6.16. The van der Waals surface area contributed by atoms with Crippen LogP contribution in [0.25, 0.3) is 11.1 Å². The number of carbonyl (C=O) groups excluding carboxylic acids is 2. The minimum atomic E-state index is -0.568. The molecule has 1 saturated heterocycles. The minimum Gasteiger partial charge on any atom is -0.356 e. The van der Waals surface area contributed by atoms with Crippen molar-refractivity contribution in [3.8, 4) is 11.1 Å². The fourth-order valence-electron chi connectivity index (χ4n) is 4.78. The van der Waals surface area contributed by atoms with Crippen molar-refractivity contribution < 1.29 is 9.59 Å². The molecule has 0 unspecified atom stereocenters. The van der Waals surface area contributed by atoms with Crippen LogP contribution in [-0.4, -0.2) is 41.3 Å². The van der Waals surface area contributed by atoms with E-state index in [1.807, 2.05) is 36.2 Å². The summed E-state index contributed by atoms with van der Waals surface area (Å²) >= 11 is 0. The third-order valence-electron chi connectivity index (χ3n) is 6.63. The van der Waals surface area contributed by atoms with Gasteiger partial charge in [-0.1, -0.05) is 36.8 Å². The van der Waals surface area contributed by atoms with Crippen LogP contribution in [0.2, 0.25) is 0 Å². The smallest absolute Gasteiger partial charge is 0.228 e. The molecule has 5 nitrogen and oxygen atoms in total. The molecule has 2 amide bonds. The van der Waals surface area contributed by atoms with E-state index in [1.165, 1.54) is 0 Å². The van der Waals surface area contributed by atoms with Crippen LogP contribution in [0.5, 0.6) is 0 Å². The lowest BCUT2D eigenvalue weighted by Gasteiger charge is -2.43. The number of nitrogens with one attached hydrogen (secondary N) is 1. The van der Waals surface area contributed by atoms with Crippen molar-refractivity contribution in [1.29, 1.82) is 0 Å². The summed E-state index contributed by atoms with van der Waals surface area (Å²) in [5.74, 6) is 0.491. The van der Waals surface area contributed by atoms with Crippen molar-refractivity contribution in [2.45, 2.75) is 45.4 Å². The van der Waals surface area contributed by atoms with Crippen molar-refractivity contribution >= 4 is 11.8 Å². The Labute approximate surface area is 178 Å². The Balaban J connectivity index is 1.59. The quantitative estimate of drug-likeness (QED) is 0.794. The van der Waals surface area contributed by atoms with Gasteiger partial charge in [-0.3, -0.25) is 14.6 Å². The van der Waals surface area contributed by atoms with Gasteiger partial charge in [0.25, 0.3) is 0 Å². The summed E-state index contributed by atoms with van der Waals surface area (Å²) in [6.45, 7) is 3.85. The van der Waals surface area contributed by atoms with Crippen LogP contribution in [0.15, 0.2) is 48.8 Å². The largest absolute Gasteiger partial charge is 0.356 e. The van der Waals surface area contributed by atoms with E-state index in [4.69, 9.17) is 0 Å². The lowest BCUT2D eigenvalue weighted by Crippen LogP contribution is -2.55. The van der Waals surface area contributed by atoms with Crippen molar-refractivity contribution in [2.24, 2.45) is 11.3 Å². The van der Waals surface area contributed by atoms with E-state index in [0.29, 0.717) is 19.5 Å². The summed E-state index contributed by atoms with van der Waals surface area (Å²) in [5.41, 5.74) is 2.73. The number of benzene rings is 1. The normalized spacial score (nSPS) is 21.7. The number of hydrogen-bond donors (Lipinski definition) is 1. The molecular weight excluding hydrogens is 374 g/mol. The molecule has 1 saturated carbocycles. The number of nitrogens with zero attached hydrogens (tertiary/aromatic N) is 2. The molecule has 5 heteroatoms. The maximum atomic E-state index is 13.2. The lowest BCUT2D eigenvalue weighted by molar-refractivity contribution is -0.146. The Morgan fingerprint density at radius 2 is 2.00 bits per heavy atom. The highest BCUT2D eigenvalue weighted by molar-refractivity contribution is 5.85. The molecule has 1 aromatic heterocycles.